The van der Waals surface area contributed by atoms with Crippen molar-refractivity contribution in [2.45, 2.75) is 59.0 Å². The molecule has 1 aromatic heterocycles. The van der Waals surface area contributed by atoms with E-state index in [0.717, 1.165) is 11.6 Å². The Balaban J connectivity index is 2.21. The summed E-state index contributed by atoms with van der Waals surface area (Å²) in [6.07, 6.45) is 5.21. The van der Waals surface area contributed by atoms with Crippen LogP contribution >= 0.6 is 0 Å². The number of rotatable bonds is 2. The monoisotopic (exact) mass is 221 g/mol. The van der Waals surface area contributed by atoms with Gasteiger partial charge in [-0.25, -0.2) is 0 Å². The van der Waals surface area contributed by atoms with E-state index in [-0.39, 0.29) is 0 Å². The van der Waals surface area contributed by atoms with Gasteiger partial charge >= 0.3 is 0 Å². The molecule has 16 heavy (non-hydrogen) atoms. The van der Waals surface area contributed by atoms with Crippen molar-refractivity contribution in [1.29, 1.82) is 0 Å². The Bertz CT molecular complexity index is 359. The van der Waals surface area contributed by atoms with Crippen LogP contribution in [-0.4, -0.2) is 9.78 Å². The molecule has 0 atom stereocenters. The second-order valence-corrected chi connectivity index (χ2v) is 5.21. The number of nitrogens with two attached hydrogens (primary N) is 1. The average molecular weight is 221 g/mol. The summed E-state index contributed by atoms with van der Waals surface area (Å²) in [4.78, 5) is 0. The van der Waals surface area contributed by atoms with Crippen LogP contribution in [0.5, 0.6) is 0 Å². The lowest BCUT2D eigenvalue weighted by Crippen LogP contribution is -2.19. The minimum Gasteiger partial charge on any atom is -0.326 e. The van der Waals surface area contributed by atoms with Gasteiger partial charge in [0.05, 0.1) is 11.7 Å². The molecule has 0 spiro atoms. The van der Waals surface area contributed by atoms with Gasteiger partial charge in [-0.05, 0) is 45.4 Å². The van der Waals surface area contributed by atoms with Gasteiger partial charge in [-0.2, -0.15) is 5.10 Å². The zero-order valence-corrected chi connectivity index (χ0v) is 10.7. The van der Waals surface area contributed by atoms with Crippen LogP contribution in [0, 0.1) is 19.8 Å². The largest absolute Gasteiger partial charge is 0.326 e. The topological polar surface area (TPSA) is 43.8 Å². The normalized spacial score (nSPS) is 26.0. The highest BCUT2D eigenvalue weighted by molar-refractivity contribution is 5.24. The van der Waals surface area contributed by atoms with Crippen molar-refractivity contribution in [3.05, 3.63) is 17.0 Å². The van der Waals surface area contributed by atoms with Gasteiger partial charge in [0.25, 0.3) is 0 Å². The predicted molar refractivity (Wildman–Crippen MR) is 66.3 cm³/mol. The molecule has 0 unspecified atom stereocenters. The summed E-state index contributed by atoms with van der Waals surface area (Å²) in [5, 5.41) is 4.67. The number of aromatic nitrogens is 2. The molecule has 0 aromatic carbocycles. The van der Waals surface area contributed by atoms with Gasteiger partial charge in [0.2, 0.25) is 0 Å². The van der Waals surface area contributed by atoms with E-state index in [2.05, 4.69) is 30.6 Å². The van der Waals surface area contributed by atoms with Crippen LogP contribution in [0.1, 0.15) is 55.6 Å². The van der Waals surface area contributed by atoms with Crippen molar-refractivity contribution in [3.63, 3.8) is 0 Å². The predicted octanol–water partition coefficient (Wildman–Crippen LogP) is 2.71. The Morgan fingerprint density at radius 3 is 2.38 bits per heavy atom. The third-order valence-corrected chi connectivity index (χ3v) is 4.01. The fourth-order valence-corrected chi connectivity index (χ4v) is 2.84. The maximum absolute atomic E-state index is 5.76. The van der Waals surface area contributed by atoms with E-state index in [1.165, 1.54) is 36.9 Å². The Morgan fingerprint density at radius 1 is 1.25 bits per heavy atom. The molecule has 90 valence electrons. The molecule has 1 saturated carbocycles. The van der Waals surface area contributed by atoms with Crippen LogP contribution < -0.4 is 5.73 Å². The molecule has 2 rings (SSSR count). The van der Waals surface area contributed by atoms with E-state index in [4.69, 9.17) is 5.73 Å². The molecule has 3 heteroatoms. The maximum atomic E-state index is 5.76. The first kappa shape index (κ1) is 11.6. The maximum Gasteiger partial charge on any atom is 0.0641 e. The number of nitrogens with zero attached hydrogens (tertiary/aromatic N) is 2. The molecule has 0 amide bonds. The number of hydrogen-bond acceptors (Lipinski definition) is 2. The Kier molecular flexibility index (Phi) is 3.33. The molecule has 2 N–H and O–H groups in total. The van der Waals surface area contributed by atoms with Gasteiger partial charge in [-0.3, -0.25) is 4.68 Å². The zero-order valence-electron chi connectivity index (χ0n) is 10.7. The summed E-state index contributed by atoms with van der Waals surface area (Å²) in [5.41, 5.74) is 9.39. The molecule has 3 nitrogen and oxygen atoms in total. The third kappa shape index (κ3) is 2.01. The SMILES string of the molecule is Cc1nn(C2CCC(C)CC2)c(C)c1CN. The molecule has 1 aliphatic carbocycles. The molecule has 0 radical (unpaired) electrons. The molecule has 0 saturated heterocycles. The van der Waals surface area contributed by atoms with Gasteiger partial charge < -0.3 is 5.73 Å². The van der Waals surface area contributed by atoms with E-state index in [9.17, 15) is 0 Å². The summed E-state index contributed by atoms with van der Waals surface area (Å²) in [5.74, 6) is 0.891. The van der Waals surface area contributed by atoms with Crippen molar-refractivity contribution in [3.8, 4) is 0 Å². The van der Waals surface area contributed by atoms with Crippen LogP contribution in [0.2, 0.25) is 0 Å². The summed E-state index contributed by atoms with van der Waals surface area (Å²) in [6, 6.07) is 0.607. The molecular formula is C13H23N3. The van der Waals surface area contributed by atoms with Crippen LogP contribution in [0.3, 0.4) is 0 Å². The van der Waals surface area contributed by atoms with E-state index in [0.29, 0.717) is 12.6 Å². The fraction of sp³-hybridized carbons (Fsp3) is 0.769. The third-order valence-electron chi connectivity index (χ3n) is 4.01. The molecule has 0 bridgehead atoms. The first-order valence-corrected chi connectivity index (χ1v) is 6.38. The highest BCUT2D eigenvalue weighted by atomic mass is 15.3. The van der Waals surface area contributed by atoms with E-state index in [1.54, 1.807) is 0 Å². The van der Waals surface area contributed by atoms with Crippen molar-refractivity contribution in [2.75, 3.05) is 0 Å². The van der Waals surface area contributed by atoms with Gasteiger partial charge in [0, 0.05) is 17.8 Å². The van der Waals surface area contributed by atoms with Gasteiger partial charge in [0.1, 0.15) is 0 Å². The zero-order chi connectivity index (χ0) is 11.7. The van der Waals surface area contributed by atoms with Gasteiger partial charge in [-0.1, -0.05) is 6.92 Å². The highest BCUT2D eigenvalue weighted by Gasteiger charge is 2.22. The molecule has 1 aliphatic rings. The standard InChI is InChI=1S/C13H23N3/c1-9-4-6-12(7-5-9)16-11(3)13(8-14)10(2)15-16/h9,12H,4-8,14H2,1-3H3. The van der Waals surface area contributed by atoms with Crippen LogP contribution in [0.15, 0.2) is 0 Å². The molecule has 0 aliphatic heterocycles. The molecule has 1 heterocycles. The molecular weight excluding hydrogens is 198 g/mol. The second-order valence-electron chi connectivity index (χ2n) is 5.21. The second kappa shape index (κ2) is 4.58. The Labute approximate surface area is 98.0 Å². The van der Waals surface area contributed by atoms with Crippen molar-refractivity contribution < 1.29 is 0 Å². The Morgan fingerprint density at radius 2 is 1.88 bits per heavy atom. The minimum atomic E-state index is 0.607. The minimum absolute atomic E-state index is 0.607. The number of aryl methyl sites for hydroxylation is 1. The molecule has 1 aromatic rings. The van der Waals surface area contributed by atoms with E-state index in [1.807, 2.05) is 0 Å². The van der Waals surface area contributed by atoms with E-state index >= 15 is 0 Å². The number of hydrogen-bond donors (Lipinski definition) is 1. The lowest BCUT2D eigenvalue weighted by Gasteiger charge is -2.27. The average Bonchev–Trinajstić information content (AvgIpc) is 2.55. The summed E-state index contributed by atoms with van der Waals surface area (Å²) < 4.78 is 2.23. The smallest absolute Gasteiger partial charge is 0.0641 e. The van der Waals surface area contributed by atoms with Crippen LogP contribution in [-0.2, 0) is 6.54 Å². The highest BCUT2D eigenvalue weighted by Crippen LogP contribution is 2.33. The van der Waals surface area contributed by atoms with Crippen LogP contribution in [0.4, 0.5) is 0 Å². The summed E-state index contributed by atoms with van der Waals surface area (Å²) in [7, 11) is 0. The van der Waals surface area contributed by atoms with Crippen molar-refractivity contribution >= 4 is 0 Å². The fourth-order valence-electron chi connectivity index (χ4n) is 2.84. The van der Waals surface area contributed by atoms with Crippen LogP contribution in [0.25, 0.3) is 0 Å². The van der Waals surface area contributed by atoms with Gasteiger partial charge in [0.15, 0.2) is 0 Å². The van der Waals surface area contributed by atoms with Crippen molar-refractivity contribution in [2.24, 2.45) is 11.7 Å². The lowest BCUT2D eigenvalue weighted by atomic mass is 9.87. The summed E-state index contributed by atoms with van der Waals surface area (Å²) >= 11 is 0. The quantitative estimate of drug-likeness (QED) is 0.834. The Hall–Kier alpha value is -0.830. The first-order valence-electron chi connectivity index (χ1n) is 6.38. The van der Waals surface area contributed by atoms with Gasteiger partial charge in [-0.15, -0.1) is 0 Å². The van der Waals surface area contributed by atoms with Crippen molar-refractivity contribution in [1.82, 2.24) is 9.78 Å². The first-order chi connectivity index (χ1) is 7.63. The summed E-state index contributed by atoms with van der Waals surface area (Å²) in [6.45, 7) is 7.18. The van der Waals surface area contributed by atoms with E-state index < -0.39 is 0 Å². The molecule has 1 fully saturated rings. The lowest BCUT2D eigenvalue weighted by molar-refractivity contribution is 0.270.